The van der Waals surface area contributed by atoms with Crippen LogP contribution in [0.25, 0.3) is 0 Å². The van der Waals surface area contributed by atoms with Gasteiger partial charge >= 0.3 is 0 Å². The van der Waals surface area contributed by atoms with Crippen molar-refractivity contribution in [2.24, 2.45) is 0 Å². The molecule has 5 heteroatoms. The van der Waals surface area contributed by atoms with Crippen LogP contribution in [0.15, 0.2) is 12.1 Å². The quantitative estimate of drug-likeness (QED) is 0.797. The number of ether oxygens (including phenoxy) is 1. The van der Waals surface area contributed by atoms with Crippen molar-refractivity contribution in [3.8, 4) is 0 Å². The molecule has 0 amide bonds. The molecule has 2 rings (SSSR count). The van der Waals surface area contributed by atoms with E-state index in [0.29, 0.717) is 17.0 Å². The minimum atomic E-state index is -0.103. The number of carbonyl (C=O) groups excluding carboxylic acids is 1. The van der Waals surface area contributed by atoms with Gasteiger partial charge in [0, 0.05) is 12.6 Å². The Morgan fingerprint density at radius 3 is 3.06 bits per heavy atom. The second-order valence-electron chi connectivity index (χ2n) is 4.52. The summed E-state index contributed by atoms with van der Waals surface area (Å²) < 4.78 is 6.14. The molecule has 0 saturated carbocycles. The molecule has 1 fully saturated rings. The topological polar surface area (TPSA) is 29.5 Å². The van der Waals surface area contributed by atoms with Crippen molar-refractivity contribution in [1.29, 1.82) is 0 Å². The lowest BCUT2D eigenvalue weighted by molar-refractivity contribution is -0.0220. The maximum atomic E-state index is 12.4. The van der Waals surface area contributed by atoms with E-state index < -0.39 is 0 Å². The van der Waals surface area contributed by atoms with Gasteiger partial charge in [-0.25, -0.2) is 0 Å². The van der Waals surface area contributed by atoms with Crippen LogP contribution in [-0.4, -0.2) is 42.5 Å². The minimum Gasteiger partial charge on any atom is -0.378 e. The highest BCUT2D eigenvalue weighted by molar-refractivity contribution is 7.18. The number of thiophene rings is 1. The maximum absolute atomic E-state index is 12.4. The van der Waals surface area contributed by atoms with Gasteiger partial charge in [0.1, 0.15) is 0 Å². The number of Topliss-reactive ketones (excluding diaryl/α,β-unsaturated/α-hetero) is 1. The SMILES string of the molecule is CCC1COCCN1C(C)C(=O)c1ccc(Cl)s1. The highest BCUT2D eigenvalue weighted by atomic mass is 35.5. The lowest BCUT2D eigenvalue weighted by Gasteiger charge is -2.38. The third-order valence-corrected chi connectivity index (χ3v) is 4.68. The summed E-state index contributed by atoms with van der Waals surface area (Å²) in [4.78, 5) is 15.4. The molecule has 1 aliphatic heterocycles. The van der Waals surface area contributed by atoms with E-state index in [1.807, 2.05) is 13.0 Å². The van der Waals surface area contributed by atoms with Crippen LogP contribution in [0, 0.1) is 0 Å². The first-order valence-corrected chi connectivity index (χ1v) is 7.46. The Morgan fingerprint density at radius 1 is 1.67 bits per heavy atom. The Labute approximate surface area is 117 Å². The number of rotatable bonds is 4. The molecule has 0 N–H and O–H groups in total. The highest BCUT2D eigenvalue weighted by Gasteiger charge is 2.30. The average Bonchev–Trinajstić information content (AvgIpc) is 2.83. The summed E-state index contributed by atoms with van der Waals surface area (Å²) in [6, 6.07) is 3.83. The second kappa shape index (κ2) is 6.15. The predicted octanol–water partition coefficient (Wildman–Crippen LogP) is 3.08. The Bertz CT molecular complexity index is 421. The molecule has 3 nitrogen and oxygen atoms in total. The lowest BCUT2D eigenvalue weighted by atomic mass is 10.1. The third-order valence-electron chi connectivity index (χ3n) is 3.44. The largest absolute Gasteiger partial charge is 0.378 e. The van der Waals surface area contributed by atoms with E-state index in [0.717, 1.165) is 24.4 Å². The molecule has 1 aromatic rings. The fourth-order valence-corrected chi connectivity index (χ4v) is 3.40. The number of hydrogen-bond donors (Lipinski definition) is 0. The van der Waals surface area contributed by atoms with Gasteiger partial charge in [-0.15, -0.1) is 11.3 Å². The van der Waals surface area contributed by atoms with Crippen molar-refractivity contribution < 1.29 is 9.53 Å². The molecular formula is C13H18ClNO2S. The van der Waals surface area contributed by atoms with Crippen LogP contribution in [0.3, 0.4) is 0 Å². The molecule has 0 spiro atoms. The van der Waals surface area contributed by atoms with Crippen LogP contribution >= 0.6 is 22.9 Å². The molecule has 0 bridgehead atoms. The molecule has 2 unspecified atom stereocenters. The molecule has 0 aromatic carbocycles. The molecule has 0 radical (unpaired) electrons. The van der Waals surface area contributed by atoms with Crippen LogP contribution < -0.4 is 0 Å². The molecular weight excluding hydrogens is 270 g/mol. The van der Waals surface area contributed by atoms with Crippen LogP contribution in [0.4, 0.5) is 0 Å². The summed E-state index contributed by atoms with van der Waals surface area (Å²) >= 11 is 7.24. The summed E-state index contributed by atoms with van der Waals surface area (Å²) in [7, 11) is 0. The van der Waals surface area contributed by atoms with Gasteiger partial charge in [-0.3, -0.25) is 9.69 Å². The number of halogens is 1. The number of hydrogen-bond acceptors (Lipinski definition) is 4. The fourth-order valence-electron chi connectivity index (χ4n) is 2.33. The van der Waals surface area contributed by atoms with E-state index in [9.17, 15) is 4.79 Å². The number of morpholine rings is 1. The molecule has 1 aliphatic rings. The van der Waals surface area contributed by atoms with E-state index >= 15 is 0 Å². The van der Waals surface area contributed by atoms with Crippen molar-refractivity contribution in [3.63, 3.8) is 0 Å². The Balaban J connectivity index is 2.09. The van der Waals surface area contributed by atoms with Crippen LogP contribution in [-0.2, 0) is 4.74 Å². The Morgan fingerprint density at radius 2 is 2.44 bits per heavy atom. The zero-order chi connectivity index (χ0) is 13.1. The van der Waals surface area contributed by atoms with E-state index in [-0.39, 0.29) is 11.8 Å². The first kappa shape index (κ1) is 14.0. The van der Waals surface area contributed by atoms with Crippen LogP contribution in [0.5, 0.6) is 0 Å². The van der Waals surface area contributed by atoms with Gasteiger partial charge in [0.15, 0.2) is 5.78 Å². The molecule has 18 heavy (non-hydrogen) atoms. The third kappa shape index (κ3) is 2.94. The first-order valence-electron chi connectivity index (χ1n) is 6.26. The Hall–Kier alpha value is -0.420. The standard InChI is InChI=1S/C13H18ClNO2S/c1-3-10-8-17-7-6-15(10)9(2)13(16)11-4-5-12(14)18-11/h4-5,9-10H,3,6-8H2,1-2H3. The van der Waals surface area contributed by atoms with Crippen LogP contribution in [0.1, 0.15) is 29.9 Å². The van der Waals surface area contributed by atoms with Crippen molar-refractivity contribution in [1.82, 2.24) is 4.90 Å². The molecule has 100 valence electrons. The summed E-state index contributed by atoms with van der Waals surface area (Å²) in [6.07, 6.45) is 1.00. The van der Waals surface area contributed by atoms with Crippen molar-refractivity contribution in [2.45, 2.75) is 32.4 Å². The van der Waals surface area contributed by atoms with E-state index in [2.05, 4.69) is 11.8 Å². The monoisotopic (exact) mass is 287 g/mol. The first-order chi connectivity index (χ1) is 8.63. The summed E-state index contributed by atoms with van der Waals surface area (Å²) in [5.74, 6) is 0.159. The normalized spacial score (nSPS) is 22.9. The van der Waals surface area contributed by atoms with E-state index in [4.69, 9.17) is 16.3 Å². The van der Waals surface area contributed by atoms with Gasteiger partial charge in [0.2, 0.25) is 0 Å². The molecule has 1 aromatic heterocycles. The molecule has 2 heterocycles. The van der Waals surface area contributed by atoms with Gasteiger partial charge in [-0.2, -0.15) is 0 Å². The fraction of sp³-hybridized carbons (Fsp3) is 0.615. The van der Waals surface area contributed by atoms with Gasteiger partial charge in [0.05, 0.1) is 28.5 Å². The maximum Gasteiger partial charge on any atom is 0.189 e. The number of carbonyl (C=O) groups is 1. The Kier molecular flexibility index (Phi) is 4.78. The lowest BCUT2D eigenvalue weighted by Crippen LogP contribution is -2.52. The molecule has 1 saturated heterocycles. The summed E-state index contributed by atoms with van der Waals surface area (Å²) in [5.41, 5.74) is 0. The van der Waals surface area contributed by atoms with Crippen LogP contribution in [0.2, 0.25) is 4.34 Å². The van der Waals surface area contributed by atoms with Crippen molar-refractivity contribution in [2.75, 3.05) is 19.8 Å². The van der Waals surface area contributed by atoms with Crippen molar-refractivity contribution in [3.05, 3.63) is 21.3 Å². The predicted molar refractivity (Wildman–Crippen MR) is 74.7 cm³/mol. The van der Waals surface area contributed by atoms with Gasteiger partial charge in [-0.05, 0) is 25.5 Å². The van der Waals surface area contributed by atoms with Crippen molar-refractivity contribution >= 4 is 28.7 Å². The van der Waals surface area contributed by atoms with E-state index in [1.54, 1.807) is 6.07 Å². The smallest absolute Gasteiger partial charge is 0.189 e. The summed E-state index contributed by atoms with van der Waals surface area (Å²) in [5, 5.41) is 0. The highest BCUT2D eigenvalue weighted by Crippen LogP contribution is 2.25. The van der Waals surface area contributed by atoms with E-state index in [1.165, 1.54) is 11.3 Å². The number of nitrogens with zero attached hydrogens (tertiary/aromatic N) is 1. The minimum absolute atomic E-state index is 0.103. The zero-order valence-electron chi connectivity index (χ0n) is 10.7. The zero-order valence-corrected chi connectivity index (χ0v) is 12.3. The summed E-state index contributed by atoms with van der Waals surface area (Å²) in [6.45, 7) is 6.36. The van der Waals surface area contributed by atoms with Gasteiger partial charge in [-0.1, -0.05) is 18.5 Å². The number of ketones is 1. The van der Waals surface area contributed by atoms with Gasteiger partial charge < -0.3 is 4.74 Å². The molecule has 0 aliphatic carbocycles. The average molecular weight is 288 g/mol. The van der Waals surface area contributed by atoms with Gasteiger partial charge in [0.25, 0.3) is 0 Å². The molecule has 2 atom stereocenters. The second-order valence-corrected chi connectivity index (χ2v) is 6.23.